The fourth-order valence-electron chi connectivity index (χ4n) is 1.01. The molecule has 8 heteroatoms. The van der Waals surface area contributed by atoms with E-state index >= 15 is 0 Å². The van der Waals surface area contributed by atoms with Crippen molar-refractivity contribution in [1.29, 1.82) is 0 Å². The molecule has 2 N–H and O–H groups in total. The highest BCUT2D eigenvalue weighted by Gasteiger charge is 2.41. The lowest BCUT2D eigenvalue weighted by Crippen LogP contribution is -2.30. The summed E-state index contributed by atoms with van der Waals surface area (Å²) in [6.45, 7) is 0. The fourth-order valence-corrected chi connectivity index (χ4v) is 1.01. The van der Waals surface area contributed by atoms with Gasteiger partial charge in [-0.1, -0.05) is 0 Å². The third kappa shape index (κ3) is 3.02. The highest BCUT2D eigenvalue weighted by molar-refractivity contribution is 5.85. The summed E-state index contributed by atoms with van der Waals surface area (Å²) < 4.78 is 74.2. The molecule has 1 atom stereocenters. The van der Waals surface area contributed by atoms with Gasteiger partial charge in [0.15, 0.2) is 0 Å². The van der Waals surface area contributed by atoms with Crippen LogP contribution in [0.1, 0.15) is 11.6 Å². The minimum atomic E-state index is -4.99. The lowest BCUT2D eigenvalue weighted by molar-refractivity contribution is -0.150. The normalized spacial score (nSPS) is 13.2. The van der Waals surface area contributed by atoms with Crippen molar-refractivity contribution in [2.75, 3.05) is 0 Å². The monoisotopic (exact) mass is 265 g/mol. The molecule has 0 aromatic heterocycles. The largest absolute Gasteiger partial charge is 0.407 e. The fraction of sp³-hybridized carbons (Fsp3) is 0.250. The van der Waals surface area contributed by atoms with Crippen LogP contribution in [0.4, 0.5) is 26.3 Å². The minimum Gasteiger partial charge on any atom is -0.316 e. The van der Waals surface area contributed by atoms with Gasteiger partial charge in [-0.05, 0) is 0 Å². The maximum atomic E-state index is 12.8. The molecule has 0 heterocycles. The van der Waals surface area contributed by atoms with E-state index < -0.39 is 35.2 Å². The molecule has 0 saturated heterocycles. The Morgan fingerprint density at radius 3 is 1.69 bits per heavy atom. The van der Waals surface area contributed by atoms with Crippen LogP contribution in [-0.4, -0.2) is 6.18 Å². The Morgan fingerprint density at radius 1 is 1.00 bits per heavy atom. The molecule has 1 aromatic rings. The van der Waals surface area contributed by atoms with Crippen LogP contribution in [0.25, 0.3) is 0 Å². The Balaban J connectivity index is 0.00000225. The van der Waals surface area contributed by atoms with Crippen LogP contribution in [0.3, 0.4) is 0 Å². The van der Waals surface area contributed by atoms with Crippen molar-refractivity contribution in [3.8, 4) is 0 Å². The second-order valence-electron chi connectivity index (χ2n) is 2.80. The molecule has 1 aromatic carbocycles. The van der Waals surface area contributed by atoms with Gasteiger partial charge < -0.3 is 5.73 Å². The van der Waals surface area contributed by atoms with Gasteiger partial charge >= 0.3 is 6.18 Å². The van der Waals surface area contributed by atoms with Crippen molar-refractivity contribution in [2.24, 2.45) is 5.73 Å². The molecular formula is C8H6ClF6N. The van der Waals surface area contributed by atoms with Crippen LogP contribution < -0.4 is 5.73 Å². The van der Waals surface area contributed by atoms with Crippen LogP contribution in [0, 0.1) is 17.5 Å². The second kappa shape index (κ2) is 4.92. The van der Waals surface area contributed by atoms with Gasteiger partial charge in [0.05, 0.1) is 0 Å². The number of hydrogen-bond acceptors (Lipinski definition) is 1. The van der Waals surface area contributed by atoms with E-state index in [1.807, 2.05) is 0 Å². The van der Waals surface area contributed by atoms with Gasteiger partial charge in [-0.2, -0.15) is 13.2 Å². The Morgan fingerprint density at radius 2 is 1.38 bits per heavy atom. The molecule has 16 heavy (non-hydrogen) atoms. The van der Waals surface area contributed by atoms with Crippen LogP contribution >= 0.6 is 12.4 Å². The molecule has 0 bridgehead atoms. The Hall–Kier alpha value is -0.950. The molecule has 92 valence electrons. The standard InChI is InChI=1S/C8H5F6N.ClH/c9-3-1-4(10)6(5(11)2-3)7(15)8(12,13)14;/h1-2,7H,15H2;1H/t7-;/m0./s1. The van der Waals surface area contributed by atoms with Gasteiger partial charge in [0.25, 0.3) is 0 Å². The average Bonchev–Trinajstić information content (AvgIpc) is 1.99. The van der Waals surface area contributed by atoms with Crippen LogP contribution in [0.15, 0.2) is 12.1 Å². The van der Waals surface area contributed by atoms with E-state index in [1.165, 1.54) is 0 Å². The third-order valence-corrected chi connectivity index (χ3v) is 1.71. The molecule has 0 aliphatic carbocycles. The Labute approximate surface area is 92.6 Å². The number of halogens is 7. The molecular weight excluding hydrogens is 260 g/mol. The number of rotatable bonds is 1. The lowest BCUT2D eigenvalue weighted by Gasteiger charge is -2.17. The SMILES string of the molecule is Cl.N[C@@H](c1c(F)cc(F)cc1F)C(F)(F)F. The summed E-state index contributed by atoms with van der Waals surface area (Å²) >= 11 is 0. The first-order chi connectivity index (χ1) is 6.73. The van der Waals surface area contributed by atoms with E-state index in [1.54, 1.807) is 0 Å². The maximum Gasteiger partial charge on any atom is 0.407 e. The van der Waals surface area contributed by atoms with E-state index in [0.29, 0.717) is 0 Å². The van der Waals surface area contributed by atoms with Crippen molar-refractivity contribution in [3.05, 3.63) is 35.1 Å². The number of nitrogens with two attached hydrogens (primary N) is 1. The summed E-state index contributed by atoms with van der Waals surface area (Å²) in [6.07, 6.45) is -4.99. The zero-order valence-corrected chi connectivity index (χ0v) is 8.30. The van der Waals surface area contributed by atoms with Crippen molar-refractivity contribution in [2.45, 2.75) is 12.2 Å². The molecule has 1 rings (SSSR count). The predicted molar refractivity (Wildman–Crippen MR) is 46.5 cm³/mol. The first-order valence-electron chi connectivity index (χ1n) is 3.70. The van der Waals surface area contributed by atoms with Gasteiger partial charge in [0, 0.05) is 17.7 Å². The zero-order chi connectivity index (χ0) is 11.8. The number of alkyl halides is 3. The van der Waals surface area contributed by atoms with E-state index in [0.717, 1.165) is 0 Å². The summed E-state index contributed by atoms with van der Waals surface area (Å²) in [5, 5.41) is 0. The molecule has 0 unspecified atom stereocenters. The van der Waals surface area contributed by atoms with E-state index in [4.69, 9.17) is 0 Å². The lowest BCUT2D eigenvalue weighted by atomic mass is 10.1. The minimum absolute atomic E-state index is 0. The second-order valence-corrected chi connectivity index (χ2v) is 2.80. The van der Waals surface area contributed by atoms with E-state index in [9.17, 15) is 26.3 Å². The Kier molecular flexibility index (Phi) is 4.63. The first-order valence-corrected chi connectivity index (χ1v) is 3.70. The van der Waals surface area contributed by atoms with Crippen molar-refractivity contribution < 1.29 is 26.3 Å². The molecule has 0 amide bonds. The summed E-state index contributed by atoms with van der Waals surface area (Å²) in [6, 6.07) is -2.52. The summed E-state index contributed by atoms with van der Waals surface area (Å²) in [4.78, 5) is 0. The predicted octanol–water partition coefficient (Wildman–Crippen LogP) is 3.09. The third-order valence-electron chi connectivity index (χ3n) is 1.71. The van der Waals surface area contributed by atoms with Gasteiger partial charge in [0.2, 0.25) is 0 Å². The highest BCUT2D eigenvalue weighted by Crippen LogP contribution is 2.33. The van der Waals surface area contributed by atoms with E-state index in [-0.39, 0.29) is 24.5 Å². The average molecular weight is 266 g/mol. The summed E-state index contributed by atoms with van der Waals surface area (Å²) in [5.41, 5.74) is 3.21. The van der Waals surface area contributed by atoms with Crippen LogP contribution in [-0.2, 0) is 0 Å². The van der Waals surface area contributed by atoms with Crippen molar-refractivity contribution >= 4 is 12.4 Å². The number of benzene rings is 1. The molecule has 0 spiro atoms. The summed E-state index contributed by atoms with van der Waals surface area (Å²) in [5.74, 6) is -4.61. The van der Waals surface area contributed by atoms with Crippen molar-refractivity contribution in [3.63, 3.8) is 0 Å². The molecule has 1 nitrogen and oxygen atoms in total. The van der Waals surface area contributed by atoms with Crippen LogP contribution in [0.5, 0.6) is 0 Å². The van der Waals surface area contributed by atoms with Crippen molar-refractivity contribution in [1.82, 2.24) is 0 Å². The smallest absolute Gasteiger partial charge is 0.316 e. The molecule has 0 aliphatic heterocycles. The Bertz CT molecular complexity index is 354. The van der Waals surface area contributed by atoms with E-state index in [2.05, 4.69) is 5.73 Å². The molecule has 0 radical (unpaired) electrons. The molecule has 0 saturated carbocycles. The topological polar surface area (TPSA) is 26.0 Å². The maximum absolute atomic E-state index is 12.8. The molecule has 0 fully saturated rings. The molecule has 0 aliphatic rings. The number of hydrogen-bond donors (Lipinski definition) is 1. The first kappa shape index (κ1) is 15.0. The quantitative estimate of drug-likeness (QED) is 0.776. The van der Waals surface area contributed by atoms with Gasteiger partial charge in [0.1, 0.15) is 23.5 Å². The zero-order valence-electron chi connectivity index (χ0n) is 7.49. The van der Waals surface area contributed by atoms with Gasteiger partial charge in [-0.15, -0.1) is 12.4 Å². The summed E-state index contributed by atoms with van der Waals surface area (Å²) in [7, 11) is 0. The van der Waals surface area contributed by atoms with Gasteiger partial charge in [-0.3, -0.25) is 0 Å². The highest BCUT2D eigenvalue weighted by atomic mass is 35.5. The van der Waals surface area contributed by atoms with Crippen LogP contribution in [0.2, 0.25) is 0 Å². The van der Waals surface area contributed by atoms with Gasteiger partial charge in [-0.25, -0.2) is 13.2 Å².